The summed E-state index contributed by atoms with van der Waals surface area (Å²) in [6.45, 7) is 2.86. The van der Waals surface area contributed by atoms with Gasteiger partial charge in [-0.15, -0.1) is 0 Å². The van der Waals surface area contributed by atoms with E-state index in [-0.39, 0.29) is 17.8 Å². The van der Waals surface area contributed by atoms with E-state index in [4.69, 9.17) is 9.47 Å². The van der Waals surface area contributed by atoms with Crippen LogP contribution in [-0.4, -0.2) is 50.7 Å². The molecule has 1 atom stereocenters. The summed E-state index contributed by atoms with van der Waals surface area (Å²) in [6.07, 6.45) is 0. The van der Waals surface area contributed by atoms with Crippen molar-refractivity contribution in [2.24, 2.45) is 5.92 Å². The van der Waals surface area contributed by atoms with Crippen molar-refractivity contribution in [2.75, 3.05) is 33.9 Å². The minimum atomic E-state index is -0.386. The molecule has 0 radical (unpaired) electrons. The van der Waals surface area contributed by atoms with Gasteiger partial charge in [-0.1, -0.05) is 28.9 Å². The second-order valence-electron chi connectivity index (χ2n) is 4.68. The average Bonchev–Trinajstić information content (AvgIpc) is 2.49. The quantitative estimate of drug-likeness (QED) is 0.702. The first-order chi connectivity index (χ1) is 9.99. The molecule has 1 amide bonds. The fourth-order valence-corrected chi connectivity index (χ4v) is 2.29. The number of carbonyl (C=O) groups excluding carboxylic acids is 2. The van der Waals surface area contributed by atoms with Crippen LogP contribution in [-0.2, 0) is 14.3 Å². The Hall–Kier alpha value is -1.40. The Bertz CT molecular complexity index is 492. The van der Waals surface area contributed by atoms with Gasteiger partial charge in [0.25, 0.3) is 5.91 Å². The Morgan fingerprint density at radius 3 is 2.62 bits per heavy atom. The molecule has 116 valence electrons. The molecular formula is C15H20BrNO4. The topological polar surface area (TPSA) is 55.8 Å². The molecule has 0 saturated heterocycles. The normalized spacial score (nSPS) is 11.8. The summed E-state index contributed by atoms with van der Waals surface area (Å²) >= 11 is 3.35. The molecule has 1 unspecified atom stereocenters. The van der Waals surface area contributed by atoms with Crippen molar-refractivity contribution in [1.29, 1.82) is 0 Å². The largest absolute Gasteiger partial charge is 0.469 e. The Morgan fingerprint density at radius 2 is 2.05 bits per heavy atom. The van der Waals surface area contributed by atoms with Crippen molar-refractivity contribution < 1.29 is 19.1 Å². The fourth-order valence-electron chi connectivity index (χ4n) is 1.89. The van der Waals surface area contributed by atoms with Gasteiger partial charge in [-0.25, -0.2) is 0 Å². The zero-order chi connectivity index (χ0) is 15.8. The molecule has 5 nitrogen and oxygen atoms in total. The lowest BCUT2D eigenvalue weighted by molar-refractivity contribution is -0.145. The predicted molar refractivity (Wildman–Crippen MR) is 83.1 cm³/mol. The lowest BCUT2D eigenvalue weighted by atomic mass is 10.1. The molecule has 6 heteroatoms. The van der Waals surface area contributed by atoms with E-state index in [2.05, 4.69) is 15.9 Å². The number of hydrogen-bond donors (Lipinski definition) is 0. The third-order valence-electron chi connectivity index (χ3n) is 3.02. The molecule has 0 bridgehead atoms. The molecule has 0 fully saturated rings. The smallest absolute Gasteiger partial charge is 0.310 e. The standard InChI is InChI=1S/C15H20BrNO4/c1-11(15(19)21-3)10-17(7-8-20-2)14(18)12-5-4-6-13(16)9-12/h4-6,9,11H,7-8,10H2,1-3H3. The number of amides is 1. The van der Waals surface area contributed by atoms with Gasteiger partial charge in [0.05, 0.1) is 19.6 Å². The van der Waals surface area contributed by atoms with Gasteiger partial charge in [0.15, 0.2) is 0 Å². The maximum atomic E-state index is 12.5. The molecule has 1 aromatic carbocycles. The van der Waals surface area contributed by atoms with Gasteiger partial charge in [-0.3, -0.25) is 9.59 Å². The van der Waals surface area contributed by atoms with E-state index in [9.17, 15) is 9.59 Å². The lowest BCUT2D eigenvalue weighted by Gasteiger charge is -2.25. The van der Waals surface area contributed by atoms with E-state index in [0.29, 0.717) is 25.3 Å². The van der Waals surface area contributed by atoms with Crippen LogP contribution in [0.1, 0.15) is 17.3 Å². The van der Waals surface area contributed by atoms with Crippen LogP contribution in [0.3, 0.4) is 0 Å². The van der Waals surface area contributed by atoms with Crippen LogP contribution >= 0.6 is 15.9 Å². The highest BCUT2D eigenvalue weighted by molar-refractivity contribution is 9.10. The summed E-state index contributed by atoms with van der Waals surface area (Å²) in [5.74, 6) is -0.855. The summed E-state index contributed by atoms with van der Waals surface area (Å²) in [5.41, 5.74) is 0.567. The van der Waals surface area contributed by atoms with Crippen LogP contribution in [0, 0.1) is 5.92 Å². The van der Waals surface area contributed by atoms with E-state index >= 15 is 0 Å². The number of nitrogens with zero attached hydrogens (tertiary/aromatic N) is 1. The molecule has 21 heavy (non-hydrogen) atoms. The molecule has 0 aliphatic rings. The molecule has 0 saturated carbocycles. The Labute approximate surface area is 133 Å². The lowest BCUT2D eigenvalue weighted by Crippen LogP contribution is -2.39. The highest BCUT2D eigenvalue weighted by Gasteiger charge is 2.22. The van der Waals surface area contributed by atoms with Crippen molar-refractivity contribution in [3.63, 3.8) is 0 Å². The number of benzene rings is 1. The van der Waals surface area contributed by atoms with Crippen molar-refractivity contribution >= 4 is 27.8 Å². The number of hydrogen-bond acceptors (Lipinski definition) is 4. The summed E-state index contributed by atoms with van der Waals surface area (Å²) < 4.78 is 10.6. The van der Waals surface area contributed by atoms with Crippen molar-refractivity contribution in [1.82, 2.24) is 4.90 Å². The SMILES string of the molecule is COCCN(CC(C)C(=O)OC)C(=O)c1cccc(Br)c1. The van der Waals surface area contributed by atoms with E-state index in [1.54, 1.807) is 37.1 Å². The first kappa shape index (κ1) is 17.7. The third-order valence-corrected chi connectivity index (χ3v) is 3.52. The Morgan fingerprint density at radius 1 is 1.33 bits per heavy atom. The number of carbonyl (C=O) groups is 2. The molecular weight excluding hydrogens is 338 g/mol. The van der Waals surface area contributed by atoms with Gasteiger partial charge >= 0.3 is 5.97 Å². The molecule has 1 aromatic rings. The summed E-state index contributed by atoms with van der Waals surface area (Å²) in [6, 6.07) is 7.16. The summed E-state index contributed by atoms with van der Waals surface area (Å²) in [7, 11) is 2.92. The highest BCUT2D eigenvalue weighted by atomic mass is 79.9. The van der Waals surface area contributed by atoms with Gasteiger partial charge in [0.1, 0.15) is 0 Å². The molecule has 0 aliphatic carbocycles. The van der Waals surface area contributed by atoms with Gasteiger partial charge in [-0.05, 0) is 18.2 Å². The van der Waals surface area contributed by atoms with Crippen molar-refractivity contribution in [3.8, 4) is 0 Å². The molecule has 0 aromatic heterocycles. The zero-order valence-electron chi connectivity index (χ0n) is 12.5. The second-order valence-corrected chi connectivity index (χ2v) is 5.59. The van der Waals surface area contributed by atoms with Gasteiger partial charge in [0.2, 0.25) is 0 Å². The second kappa shape index (κ2) is 8.79. The summed E-state index contributed by atoms with van der Waals surface area (Å²) in [5, 5.41) is 0. The van der Waals surface area contributed by atoms with Crippen LogP contribution in [0.25, 0.3) is 0 Å². The Balaban J connectivity index is 2.85. The number of halogens is 1. The number of methoxy groups -OCH3 is 2. The van der Waals surface area contributed by atoms with Crippen LogP contribution in [0.2, 0.25) is 0 Å². The number of ether oxygens (including phenoxy) is 2. The molecule has 1 rings (SSSR count). The average molecular weight is 358 g/mol. The van der Waals surface area contributed by atoms with Crippen LogP contribution in [0.5, 0.6) is 0 Å². The van der Waals surface area contributed by atoms with Gasteiger partial charge in [0, 0.05) is 30.2 Å². The van der Waals surface area contributed by atoms with E-state index in [0.717, 1.165) is 4.47 Å². The molecule has 0 aliphatic heterocycles. The first-order valence-corrected chi connectivity index (χ1v) is 7.40. The summed E-state index contributed by atoms with van der Waals surface area (Å²) in [4.78, 5) is 25.7. The Kier molecular flexibility index (Phi) is 7.39. The predicted octanol–water partition coefficient (Wildman–Crippen LogP) is 2.35. The van der Waals surface area contributed by atoms with E-state index in [1.165, 1.54) is 7.11 Å². The number of rotatable bonds is 7. The third kappa shape index (κ3) is 5.47. The molecule has 0 spiro atoms. The van der Waals surface area contributed by atoms with E-state index < -0.39 is 0 Å². The van der Waals surface area contributed by atoms with Crippen LogP contribution in [0.15, 0.2) is 28.7 Å². The zero-order valence-corrected chi connectivity index (χ0v) is 14.1. The van der Waals surface area contributed by atoms with Crippen molar-refractivity contribution in [2.45, 2.75) is 6.92 Å². The first-order valence-electron chi connectivity index (χ1n) is 6.61. The van der Waals surface area contributed by atoms with Crippen LogP contribution < -0.4 is 0 Å². The monoisotopic (exact) mass is 357 g/mol. The van der Waals surface area contributed by atoms with E-state index in [1.807, 2.05) is 6.07 Å². The number of esters is 1. The minimum Gasteiger partial charge on any atom is -0.469 e. The maximum absolute atomic E-state index is 12.5. The van der Waals surface area contributed by atoms with Crippen molar-refractivity contribution in [3.05, 3.63) is 34.3 Å². The van der Waals surface area contributed by atoms with Crippen LogP contribution in [0.4, 0.5) is 0 Å². The maximum Gasteiger partial charge on any atom is 0.310 e. The minimum absolute atomic E-state index is 0.135. The highest BCUT2D eigenvalue weighted by Crippen LogP contribution is 2.14. The van der Waals surface area contributed by atoms with Gasteiger partial charge < -0.3 is 14.4 Å². The molecule has 0 N–H and O–H groups in total. The molecule has 0 heterocycles. The van der Waals surface area contributed by atoms with Gasteiger partial charge in [-0.2, -0.15) is 0 Å². The fraction of sp³-hybridized carbons (Fsp3) is 0.467.